The molecule has 132 valence electrons. The number of aryl methyl sites for hydroxylation is 2. The number of nitrogens with zero attached hydrogens (tertiary/aromatic N) is 2. The van der Waals surface area contributed by atoms with Gasteiger partial charge < -0.3 is 10.1 Å². The van der Waals surface area contributed by atoms with Crippen molar-refractivity contribution in [1.29, 1.82) is 0 Å². The third-order valence-corrected chi connectivity index (χ3v) is 3.91. The number of thioether (sulfide) groups is 1. The number of carbonyl (C=O) groups is 2. The fourth-order valence-corrected chi connectivity index (χ4v) is 2.75. The minimum absolute atomic E-state index is 0.0362. The van der Waals surface area contributed by atoms with E-state index in [-0.39, 0.29) is 16.5 Å². The molecular weight excluding hydrogens is 369 g/mol. The quantitative estimate of drug-likeness (QED) is 0.469. The number of halogens is 2. The molecule has 0 aliphatic carbocycles. The second-order valence-corrected chi connectivity index (χ2v) is 6.43. The Hall–Kier alpha value is -2.19. The molecule has 0 radical (unpaired) electrons. The van der Waals surface area contributed by atoms with Crippen molar-refractivity contribution in [1.82, 2.24) is 9.97 Å². The number of amides is 1. The van der Waals surface area contributed by atoms with Crippen LogP contribution in [0.15, 0.2) is 29.4 Å². The highest BCUT2D eigenvalue weighted by Gasteiger charge is 2.12. The second-order valence-electron chi connectivity index (χ2n) is 5.05. The molecule has 1 amide bonds. The average Bonchev–Trinajstić information content (AvgIpc) is 2.53. The maximum Gasteiger partial charge on any atom is 0.316 e. The van der Waals surface area contributed by atoms with E-state index in [1.165, 1.54) is 12.1 Å². The van der Waals surface area contributed by atoms with Crippen LogP contribution in [0.4, 0.5) is 10.1 Å². The number of rotatable bonds is 6. The largest absolute Gasteiger partial charge is 0.455 e. The van der Waals surface area contributed by atoms with Crippen molar-refractivity contribution < 1.29 is 18.7 Å². The van der Waals surface area contributed by atoms with E-state index in [2.05, 4.69) is 15.3 Å². The number of hydrogen-bond acceptors (Lipinski definition) is 6. The molecule has 0 atom stereocenters. The fourth-order valence-electron chi connectivity index (χ4n) is 1.85. The van der Waals surface area contributed by atoms with Crippen LogP contribution < -0.4 is 5.32 Å². The van der Waals surface area contributed by atoms with E-state index in [4.69, 9.17) is 16.3 Å². The van der Waals surface area contributed by atoms with Gasteiger partial charge in [-0.15, -0.1) is 0 Å². The van der Waals surface area contributed by atoms with E-state index >= 15 is 0 Å². The lowest BCUT2D eigenvalue weighted by molar-refractivity contribution is -0.144. The molecule has 1 aromatic carbocycles. The molecule has 0 aliphatic rings. The lowest BCUT2D eigenvalue weighted by atomic mass is 10.3. The van der Waals surface area contributed by atoms with Gasteiger partial charge in [-0.2, -0.15) is 0 Å². The molecule has 9 heteroatoms. The molecule has 0 saturated carbocycles. The highest BCUT2D eigenvalue weighted by molar-refractivity contribution is 7.99. The van der Waals surface area contributed by atoms with Crippen molar-refractivity contribution in [3.8, 4) is 0 Å². The molecule has 0 bridgehead atoms. The lowest BCUT2D eigenvalue weighted by Gasteiger charge is -2.07. The van der Waals surface area contributed by atoms with Crippen LogP contribution in [-0.2, 0) is 14.3 Å². The summed E-state index contributed by atoms with van der Waals surface area (Å²) >= 11 is 6.74. The van der Waals surface area contributed by atoms with E-state index in [0.717, 1.165) is 29.2 Å². The number of nitrogens with one attached hydrogen (secondary N) is 1. The van der Waals surface area contributed by atoms with Crippen LogP contribution in [-0.4, -0.2) is 34.2 Å². The van der Waals surface area contributed by atoms with Gasteiger partial charge in [-0.3, -0.25) is 9.59 Å². The maximum atomic E-state index is 13.6. The monoisotopic (exact) mass is 383 g/mol. The van der Waals surface area contributed by atoms with Crippen molar-refractivity contribution in [3.05, 3.63) is 46.5 Å². The first kappa shape index (κ1) is 19.1. The SMILES string of the molecule is Cc1cc(C)nc(SCC(=O)OCC(=O)Nc2ccc(Cl)cc2F)n1. The molecule has 0 saturated heterocycles. The van der Waals surface area contributed by atoms with Crippen molar-refractivity contribution in [2.45, 2.75) is 19.0 Å². The molecule has 6 nitrogen and oxygen atoms in total. The predicted octanol–water partition coefficient (Wildman–Crippen LogP) is 3.16. The summed E-state index contributed by atoms with van der Waals surface area (Å²) in [6.45, 7) is 3.14. The summed E-state index contributed by atoms with van der Waals surface area (Å²) in [5.41, 5.74) is 1.56. The molecule has 2 aromatic rings. The Bertz CT molecular complexity index is 784. The number of hydrogen-bond donors (Lipinski definition) is 1. The number of benzene rings is 1. The average molecular weight is 384 g/mol. The highest BCUT2D eigenvalue weighted by atomic mass is 35.5. The van der Waals surface area contributed by atoms with E-state index in [1.54, 1.807) is 0 Å². The minimum atomic E-state index is -0.672. The smallest absolute Gasteiger partial charge is 0.316 e. The number of carbonyl (C=O) groups excluding carboxylic acids is 2. The number of anilines is 1. The predicted molar refractivity (Wildman–Crippen MR) is 93.2 cm³/mol. The van der Waals surface area contributed by atoms with Crippen LogP contribution in [0.25, 0.3) is 0 Å². The first-order chi connectivity index (χ1) is 11.8. The Morgan fingerprint density at radius 3 is 2.56 bits per heavy atom. The van der Waals surface area contributed by atoms with Crippen LogP contribution in [0.1, 0.15) is 11.4 Å². The summed E-state index contributed by atoms with van der Waals surface area (Å²) in [6.07, 6.45) is 0. The normalized spacial score (nSPS) is 10.4. The van der Waals surface area contributed by atoms with Gasteiger partial charge in [0.15, 0.2) is 11.8 Å². The Balaban J connectivity index is 1.78. The van der Waals surface area contributed by atoms with Gasteiger partial charge in [0.25, 0.3) is 5.91 Å². The van der Waals surface area contributed by atoms with Crippen LogP contribution >= 0.6 is 23.4 Å². The van der Waals surface area contributed by atoms with Gasteiger partial charge in [0.2, 0.25) is 0 Å². The molecule has 0 unspecified atom stereocenters. The van der Waals surface area contributed by atoms with Crippen LogP contribution in [0.2, 0.25) is 5.02 Å². The standard InChI is InChI=1S/C16H15ClFN3O3S/c1-9-5-10(2)20-16(19-9)25-8-15(23)24-7-14(22)21-13-4-3-11(17)6-12(13)18/h3-6H,7-8H2,1-2H3,(H,21,22). The molecule has 1 aromatic heterocycles. The van der Waals surface area contributed by atoms with Gasteiger partial charge in [0.05, 0.1) is 11.4 Å². The Kier molecular flexibility index (Phi) is 6.72. The third-order valence-electron chi connectivity index (χ3n) is 2.85. The van der Waals surface area contributed by atoms with Crippen molar-refractivity contribution in [2.75, 3.05) is 17.7 Å². The molecule has 1 N–H and O–H groups in total. The summed E-state index contributed by atoms with van der Waals surface area (Å²) in [7, 11) is 0. The zero-order valence-electron chi connectivity index (χ0n) is 13.5. The van der Waals surface area contributed by atoms with Gasteiger partial charge in [-0.1, -0.05) is 23.4 Å². The summed E-state index contributed by atoms with van der Waals surface area (Å²) in [4.78, 5) is 31.8. The van der Waals surface area contributed by atoms with E-state index in [1.807, 2.05) is 19.9 Å². The minimum Gasteiger partial charge on any atom is -0.455 e. The number of esters is 1. The first-order valence-electron chi connectivity index (χ1n) is 7.19. The zero-order valence-corrected chi connectivity index (χ0v) is 15.1. The summed E-state index contributed by atoms with van der Waals surface area (Å²) in [6, 6.07) is 5.66. The molecule has 0 spiro atoms. The summed E-state index contributed by atoms with van der Waals surface area (Å²) < 4.78 is 18.4. The van der Waals surface area contributed by atoms with Crippen molar-refractivity contribution in [3.63, 3.8) is 0 Å². The van der Waals surface area contributed by atoms with E-state index in [0.29, 0.717) is 5.16 Å². The molecule has 2 rings (SSSR count). The van der Waals surface area contributed by atoms with Crippen molar-refractivity contribution >= 4 is 40.9 Å². The third kappa shape index (κ3) is 6.32. The molecule has 0 fully saturated rings. The molecular formula is C16H15ClFN3O3S. The lowest BCUT2D eigenvalue weighted by Crippen LogP contribution is -2.22. The summed E-state index contributed by atoms with van der Waals surface area (Å²) in [5, 5.41) is 2.98. The van der Waals surface area contributed by atoms with Gasteiger partial charge in [0.1, 0.15) is 5.82 Å². The number of ether oxygens (including phenoxy) is 1. The Labute approximate surface area is 153 Å². The van der Waals surface area contributed by atoms with Crippen molar-refractivity contribution in [2.24, 2.45) is 0 Å². The zero-order chi connectivity index (χ0) is 18.4. The van der Waals surface area contributed by atoms with Gasteiger partial charge in [0, 0.05) is 16.4 Å². The van der Waals surface area contributed by atoms with Crippen LogP contribution in [0, 0.1) is 19.7 Å². The molecule has 0 aliphatic heterocycles. The topological polar surface area (TPSA) is 81.2 Å². The number of aromatic nitrogens is 2. The van der Waals surface area contributed by atoms with E-state index in [9.17, 15) is 14.0 Å². The van der Waals surface area contributed by atoms with Crippen LogP contribution in [0.5, 0.6) is 0 Å². The first-order valence-corrected chi connectivity index (χ1v) is 8.55. The van der Waals surface area contributed by atoms with Gasteiger partial charge >= 0.3 is 5.97 Å². The maximum absolute atomic E-state index is 13.6. The Morgan fingerprint density at radius 1 is 1.24 bits per heavy atom. The Morgan fingerprint density at radius 2 is 1.92 bits per heavy atom. The molecule has 1 heterocycles. The fraction of sp³-hybridized carbons (Fsp3) is 0.250. The second kappa shape index (κ2) is 8.77. The summed E-state index contributed by atoms with van der Waals surface area (Å²) in [5.74, 6) is -1.96. The van der Waals surface area contributed by atoms with E-state index < -0.39 is 24.3 Å². The molecule has 25 heavy (non-hydrogen) atoms. The highest BCUT2D eigenvalue weighted by Crippen LogP contribution is 2.19. The van der Waals surface area contributed by atoms with Crippen LogP contribution in [0.3, 0.4) is 0 Å². The van der Waals surface area contributed by atoms with Gasteiger partial charge in [-0.25, -0.2) is 14.4 Å². The van der Waals surface area contributed by atoms with Gasteiger partial charge in [-0.05, 0) is 38.1 Å².